The predicted octanol–water partition coefficient (Wildman–Crippen LogP) is 2.81. The molecule has 4 rings (SSSR count). The molecule has 26 heavy (non-hydrogen) atoms. The number of amides is 1. The maximum Gasteiger partial charge on any atom is 0.274 e. The Kier molecular flexibility index (Phi) is 4.57. The van der Waals surface area contributed by atoms with E-state index in [1.165, 1.54) is 12.0 Å². The van der Waals surface area contributed by atoms with E-state index in [2.05, 4.69) is 47.6 Å². The molecular weight excluding hydrogens is 324 g/mol. The standard InChI is InChI=1S/C21H28N4O/c1-21(14-22-18-12-17(18)16-6-4-3-5-7-16)8-10-25(11-9-21)20(26)19-13-24(2)15-23-19/h3-7,13,15,17-18,22H,8-12,14H2,1-2H3. The van der Waals surface area contributed by atoms with Crippen LogP contribution in [-0.2, 0) is 7.05 Å². The van der Waals surface area contributed by atoms with Gasteiger partial charge in [0.1, 0.15) is 5.69 Å². The van der Waals surface area contributed by atoms with Crippen molar-refractivity contribution in [2.24, 2.45) is 12.5 Å². The van der Waals surface area contributed by atoms with Gasteiger partial charge >= 0.3 is 0 Å². The van der Waals surface area contributed by atoms with E-state index in [1.807, 2.05) is 16.5 Å². The van der Waals surface area contributed by atoms with Crippen LogP contribution in [0.15, 0.2) is 42.9 Å². The lowest BCUT2D eigenvalue weighted by Crippen LogP contribution is -2.46. The average Bonchev–Trinajstić information content (AvgIpc) is 3.32. The molecule has 2 heterocycles. The summed E-state index contributed by atoms with van der Waals surface area (Å²) in [6, 6.07) is 11.4. The van der Waals surface area contributed by atoms with Crippen LogP contribution in [0.1, 0.15) is 48.2 Å². The molecule has 2 unspecified atom stereocenters. The highest BCUT2D eigenvalue weighted by Gasteiger charge is 2.40. The zero-order valence-corrected chi connectivity index (χ0v) is 15.7. The zero-order valence-electron chi connectivity index (χ0n) is 15.7. The SMILES string of the molecule is Cn1cnc(C(=O)N2CCC(C)(CNC3CC3c3ccccc3)CC2)c1. The van der Waals surface area contributed by atoms with Crippen molar-refractivity contribution >= 4 is 5.91 Å². The van der Waals surface area contributed by atoms with E-state index in [9.17, 15) is 4.79 Å². The van der Waals surface area contributed by atoms with Crippen LogP contribution in [0, 0.1) is 5.41 Å². The van der Waals surface area contributed by atoms with Crippen molar-refractivity contribution < 1.29 is 4.79 Å². The molecule has 2 aliphatic rings. The Morgan fingerprint density at radius 1 is 1.27 bits per heavy atom. The Labute approximate surface area is 155 Å². The smallest absolute Gasteiger partial charge is 0.274 e. The fraction of sp³-hybridized carbons (Fsp3) is 0.524. The number of aromatic nitrogens is 2. The maximum atomic E-state index is 12.5. The van der Waals surface area contributed by atoms with Gasteiger partial charge in [-0.2, -0.15) is 0 Å². The minimum absolute atomic E-state index is 0.0620. The number of hydrogen-bond donors (Lipinski definition) is 1. The number of carbonyl (C=O) groups excluding carboxylic acids is 1. The molecule has 0 bridgehead atoms. The fourth-order valence-corrected chi connectivity index (χ4v) is 3.98. The molecule has 5 heteroatoms. The number of hydrogen-bond acceptors (Lipinski definition) is 3. The summed E-state index contributed by atoms with van der Waals surface area (Å²) in [4.78, 5) is 18.7. The van der Waals surface area contributed by atoms with Crippen LogP contribution >= 0.6 is 0 Å². The second-order valence-corrected chi connectivity index (χ2v) is 8.27. The number of nitrogens with zero attached hydrogens (tertiary/aromatic N) is 3. The normalized spacial score (nSPS) is 24.5. The molecule has 1 aromatic carbocycles. The molecule has 5 nitrogen and oxygen atoms in total. The van der Waals surface area contributed by atoms with Crippen LogP contribution in [0.5, 0.6) is 0 Å². The molecule has 0 radical (unpaired) electrons. The van der Waals surface area contributed by atoms with Crippen LogP contribution in [0.3, 0.4) is 0 Å². The molecule has 1 N–H and O–H groups in total. The lowest BCUT2D eigenvalue weighted by molar-refractivity contribution is 0.0599. The van der Waals surface area contributed by atoms with E-state index < -0.39 is 0 Å². The largest absolute Gasteiger partial charge is 0.340 e. The fourth-order valence-electron chi connectivity index (χ4n) is 3.98. The summed E-state index contributed by atoms with van der Waals surface area (Å²) in [6.07, 6.45) is 6.81. The summed E-state index contributed by atoms with van der Waals surface area (Å²) < 4.78 is 1.82. The van der Waals surface area contributed by atoms with Crippen molar-refractivity contribution in [3.63, 3.8) is 0 Å². The van der Waals surface area contributed by atoms with Crippen LogP contribution in [0.2, 0.25) is 0 Å². The molecule has 0 spiro atoms. The first-order valence-corrected chi connectivity index (χ1v) is 9.60. The lowest BCUT2D eigenvalue weighted by atomic mass is 9.80. The minimum Gasteiger partial charge on any atom is -0.340 e. The van der Waals surface area contributed by atoms with Crippen molar-refractivity contribution in [2.45, 2.75) is 38.1 Å². The lowest BCUT2D eigenvalue weighted by Gasteiger charge is -2.39. The van der Waals surface area contributed by atoms with Gasteiger partial charge in [-0.05, 0) is 30.2 Å². The summed E-state index contributed by atoms with van der Waals surface area (Å²) in [7, 11) is 1.89. The van der Waals surface area contributed by atoms with Crippen LogP contribution in [0.25, 0.3) is 0 Å². The first-order chi connectivity index (χ1) is 12.5. The van der Waals surface area contributed by atoms with Gasteiger partial charge in [-0.25, -0.2) is 4.98 Å². The zero-order chi connectivity index (χ0) is 18.1. The summed E-state index contributed by atoms with van der Waals surface area (Å²) in [6.45, 7) is 5.02. The topological polar surface area (TPSA) is 50.2 Å². The van der Waals surface area contributed by atoms with Gasteiger partial charge in [0.25, 0.3) is 5.91 Å². The highest BCUT2D eigenvalue weighted by molar-refractivity contribution is 5.92. The van der Waals surface area contributed by atoms with E-state index in [0.717, 1.165) is 32.5 Å². The second kappa shape index (κ2) is 6.88. The molecule has 1 saturated carbocycles. The van der Waals surface area contributed by atoms with Gasteiger partial charge in [-0.1, -0.05) is 37.3 Å². The maximum absolute atomic E-state index is 12.5. The number of nitrogens with one attached hydrogen (secondary N) is 1. The summed E-state index contributed by atoms with van der Waals surface area (Å²) in [5, 5.41) is 3.78. The van der Waals surface area contributed by atoms with E-state index in [4.69, 9.17) is 0 Å². The molecule has 1 aliphatic heterocycles. The van der Waals surface area contributed by atoms with Crippen LogP contribution < -0.4 is 5.32 Å². The molecule has 138 valence electrons. The molecule has 2 atom stereocenters. The van der Waals surface area contributed by atoms with Crippen molar-refractivity contribution in [3.05, 3.63) is 54.1 Å². The number of aryl methyl sites for hydroxylation is 1. The Bertz CT molecular complexity index is 761. The summed E-state index contributed by atoms with van der Waals surface area (Å²) >= 11 is 0. The number of benzene rings is 1. The molecule has 2 aromatic rings. The minimum atomic E-state index is 0.0620. The Morgan fingerprint density at radius 3 is 2.65 bits per heavy atom. The molecule has 2 fully saturated rings. The molecule has 1 aliphatic carbocycles. The Balaban J connectivity index is 1.25. The van der Waals surface area contributed by atoms with Gasteiger partial charge in [0.15, 0.2) is 0 Å². The average molecular weight is 352 g/mol. The van der Waals surface area contributed by atoms with E-state index >= 15 is 0 Å². The third-order valence-corrected chi connectivity index (χ3v) is 5.99. The van der Waals surface area contributed by atoms with Gasteiger partial charge < -0.3 is 14.8 Å². The van der Waals surface area contributed by atoms with Gasteiger partial charge in [-0.3, -0.25) is 4.79 Å². The monoisotopic (exact) mass is 352 g/mol. The van der Waals surface area contributed by atoms with Crippen molar-refractivity contribution in [2.75, 3.05) is 19.6 Å². The quantitative estimate of drug-likeness (QED) is 0.900. The highest BCUT2D eigenvalue weighted by Crippen LogP contribution is 2.41. The first-order valence-electron chi connectivity index (χ1n) is 9.60. The van der Waals surface area contributed by atoms with Crippen LogP contribution in [-0.4, -0.2) is 46.0 Å². The number of imidazole rings is 1. The number of piperidine rings is 1. The van der Waals surface area contributed by atoms with Gasteiger partial charge in [0, 0.05) is 44.8 Å². The third kappa shape index (κ3) is 3.68. The molecule has 1 amide bonds. The highest BCUT2D eigenvalue weighted by atomic mass is 16.2. The molecule has 1 saturated heterocycles. The Morgan fingerprint density at radius 2 is 2.00 bits per heavy atom. The van der Waals surface area contributed by atoms with E-state index in [1.54, 1.807) is 12.5 Å². The van der Waals surface area contributed by atoms with Gasteiger partial charge in [0.05, 0.1) is 6.33 Å². The van der Waals surface area contributed by atoms with E-state index in [0.29, 0.717) is 17.7 Å². The predicted molar refractivity (Wildman–Crippen MR) is 102 cm³/mol. The third-order valence-electron chi connectivity index (χ3n) is 5.99. The summed E-state index contributed by atoms with van der Waals surface area (Å²) in [5.74, 6) is 0.734. The van der Waals surface area contributed by atoms with Gasteiger partial charge in [0.2, 0.25) is 0 Å². The van der Waals surface area contributed by atoms with Crippen molar-refractivity contribution in [1.82, 2.24) is 19.8 Å². The van der Waals surface area contributed by atoms with Crippen LogP contribution in [0.4, 0.5) is 0 Å². The number of likely N-dealkylation sites (tertiary alicyclic amines) is 1. The van der Waals surface area contributed by atoms with Crippen molar-refractivity contribution in [1.29, 1.82) is 0 Å². The molecule has 1 aromatic heterocycles. The summed E-state index contributed by atoms with van der Waals surface area (Å²) in [5.41, 5.74) is 2.27. The Hall–Kier alpha value is -2.14. The number of rotatable bonds is 5. The van der Waals surface area contributed by atoms with E-state index in [-0.39, 0.29) is 11.3 Å². The first kappa shape index (κ1) is 17.3. The molecular formula is C21H28N4O. The number of carbonyl (C=O) groups is 1. The van der Waals surface area contributed by atoms with Crippen molar-refractivity contribution in [3.8, 4) is 0 Å². The second-order valence-electron chi connectivity index (χ2n) is 8.27. The van der Waals surface area contributed by atoms with Gasteiger partial charge in [-0.15, -0.1) is 0 Å².